The smallest absolute Gasteiger partial charge is 0.359 e. The van der Waals surface area contributed by atoms with Crippen LogP contribution in [0, 0.1) is 0 Å². The van der Waals surface area contributed by atoms with E-state index in [0.717, 1.165) is 0 Å². The number of esters is 1. The molecule has 1 aromatic heterocycles. The summed E-state index contributed by atoms with van der Waals surface area (Å²) in [6.45, 7) is 1.99. The van der Waals surface area contributed by atoms with Crippen LogP contribution < -0.4 is 0 Å². The fourth-order valence-electron chi connectivity index (χ4n) is 1.71. The number of aromatic nitrogens is 2. The van der Waals surface area contributed by atoms with Crippen molar-refractivity contribution < 1.29 is 17.9 Å². The Morgan fingerprint density at radius 1 is 1.56 bits per heavy atom. The van der Waals surface area contributed by atoms with Crippen molar-refractivity contribution >= 4 is 15.8 Å². The second-order valence-electron chi connectivity index (χ2n) is 3.59. The van der Waals surface area contributed by atoms with Gasteiger partial charge in [-0.2, -0.15) is 5.10 Å². The third-order valence-electron chi connectivity index (χ3n) is 2.45. The highest BCUT2D eigenvalue weighted by atomic mass is 32.2. The second kappa shape index (κ2) is 3.89. The molecule has 2 rings (SSSR count). The average Bonchev–Trinajstić information content (AvgIpc) is 2.59. The molecule has 1 N–H and O–H groups in total. The maximum atomic E-state index is 11.5. The normalized spacial score (nSPS) is 17.8. The molecule has 7 heteroatoms. The number of hydrogen-bond acceptors (Lipinski definition) is 5. The van der Waals surface area contributed by atoms with Crippen LogP contribution in [0.1, 0.15) is 28.7 Å². The SMILES string of the molecule is CCOC(=O)c1n[nH]c2c1CCS(=O)(=O)C2. The molecule has 0 amide bonds. The van der Waals surface area contributed by atoms with Crippen molar-refractivity contribution in [3.63, 3.8) is 0 Å². The van der Waals surface area contributed by atoms with E-state index in [1.54, 1.807) is 6.92 Å². The fraction of sp³-hybridized carbons (Fsp3) is 0.556. The van der Waals surface area contributed by atoms with Crippen molar-refractivity contribution in [2.75, 3.05) is 12.4 Å². The van der Waals surface area contributed by atoms with Gasteiger partial charge in [0.1, 0.15) is 0 Å². The largest absolute Gasteiger partial charge is 0.461 e. The van der Waals surface area contributed by atoms with Crippen molar-refractivity contribution in [1.29, 1.82) is 0 Å². The Labute approximate surface area is 92.9 Å². The zero-order valence-corrected chi connectivity index (χ0v) is 9.63. The van der Waals surface area contributed by atoms with Gasteiger partial charge in [-0.3, -0.25) is 5.10 Å². The van der Waals surface area contributed by atoms with Crippen LogP contribution in [-0.4, -0.2) is 36.9 Å². The van der Waals surface area contributed by atoms with E-state index < -0.39 is 15.8 Å². The topological polar surface area (TPSA) is 89.1 Å². The van der Waals surface area contributed by atoms with Crippen LogP contribution in [0.15, 0.2) is 0 Å². The molecular formula is C9H12N2O4S. The molecule has 0 saturated heterocycles. The quantitative estimate of drug-likeness (QED) is 0.743. The van der Waals surface area contributed by atoms with E-state index in [9.17, 15) is 13.2 Å². The van der Waals surface area contributed by atoms with E-state index in [1.807, 2.05) is 0 Å². The van der Waals surface area contributed by atoms with Crippen LogP contribution in [0.4, 0.5) is 0 Å². The zero-order valence-electron chi connectivity index (χ0n) is 8.82. The summed E-state index contributed by atoms with van der Waals surface area (Å²) in [6, 6.07) is 0. The molecule has 0 radical (unpaired) electrons. The number of carbonyl (C=O) groups is 1. The number of nitrogens with zero attached hydrogens (tertiary/aromatic N) is 1. The number of carbonyl (C=O) groups excluding carboxylic acids is 1. The summed E-state index contributed by atoms with van der Waals surface area (Å²) in [5, 5.41) is 6.41. The molecule has 0 bridgehead atoms. The first kappa shape index (κ1) is 11.1. The fourth-order valence-corrected chi connectivity index (χ4v) is 3.05. The van der Waals surface area contributed by atoms with E-state index in [2.05, 4.69) is 10.2 Å². The van der Waals surface area contributed by atoms with Crippen LogP contribution in [-0.2, 0) is 26.7 Å². The summed E-state index contributed by atoms with van der Waals surface area (Å²) in [5.41, 5.74) is 1.40. The first-order chi connectivity index (χ1) is 7.53. The third-order valence-corrected chi connectivity index (χ3v) is 4.00. The molecule has 2 heterocycles. The lowest BCUT2D eigenvalue weighted by Gasteiger charge is -2.11. The Hall–Kier alpha value is -1.37. The number of aromatic amines is 1. The standard InChI is InChI=1S/C9H12N2O4S/c1-2-15-9(12)8-6-3-4-16(13,14)5-7(6)10-11-8/h2-5H2,1H3,(H,10,11). The summed E-state index contributed by atoms with van der Waals surface area (Å²) in [7, 11) is -3.04. The van der Waals surface area contributed by atoms with Crippen molar-refractivity contribution in [2.24, 2.45) is 0 Å². The van der Waals surface area contributed by atoms with Crippen LogP contribution in [0.5, 0.6) is 0 Å². The Kier molecular flexibility index (Phi) is 2.71. The molecular weight excluding hydrogens is 232 g/mol. The minimum atomic E-state index is -3.04. The summed E-state index contributed by atoms with van der Waals surface area (Å²) >= 11 is 0. The van der Waals surface area contributed by atoms with E-state index in [0.29, 0.717) is 17.7 Å². The van der Waals surface area contributed by atoms with Gasteiger partial charge in [0.2, 0.25) is 0 Å². The van der Waals surface area contributed by atoms with E-state index in [1.165, 1.54) is 0 Å². The number of fused-ring (bicyclic) bond motifs is 1. The maximum absolute atomic E-state index is 11.5. The number of ether oxygens (including phenoxy) is 1. The van der Waals surface area contributed by atoms with Crippen molar-refractivity contribution in [2.45, 2.75) is 19.1 Å². The molecule has 88 valence electrons. The van der Waals surface area contributed by atoms with E-state index in [-0.39, 0.29) is 23.8 Å². The molecule has 0 aromatic carbocycles. The molecule has 0 saturated carbocycles. The monoisotopic (exact) mass is 244 g/mol. The van der Waals surface area contributed by atoms with Gasteiger partial charge in [-0.25, -0.2) is 13.2 Å². The predicted octanol–water partition coefficient (Wildman–Crippen LogP) is 0.0573. The minimum absolute atomic E-state index is 0.0614. The maximum Gasteiger partial charge on any atom is 0.359 e. The Balaban J connectivity index is 2.33. The van der Waals surface area contributed by atoms with Crippen LogP contribution in [0.3, 0.4) is 0 Å². The zero-order chi connectivity index (χ0) is 11.8. The molecule has 1 aromatic rings. The second-order valence-corrected chi connectivity index (χ2v) is 5.78. The van der Waals surface area contributed by atoms with Gasteiger partial charge in [0.25, 0.3) is 0 Å². The van der Waals surface area contributed by atoms with Gasteiger partial charge in [0.05, 0.1) is 23.8 Å². The number of rotatable bonds is 2. The van der Waals surface area contributed by atoms with Crippen LogP contribution >= 0.6 is 0 Å². The summed E-state index contributed by atoms with van der Waals surface area (Å²) in [5.74, 6) is -0.514. The lowest BCUT2D eigenvalue weighted by Crippen LogP contribution is -2.20. The minimum Gasteiger partial charge on any atom is -0.461 e. The van der Waals surface area contributed by atoms with Gasteiger partial charge < -0.3 is 4.74 Å². The molecule has 6 nitrogen and oxygen atoms in total. The van der Waals surface area contributed by atoms with Crippen molar-refractivity contribution in [3.8, 4) is 0 Å². The Morgan fingerprint density at radius 3 is 3.00 bits per heavy atom. The average molecular weight is 244 g/mol. The van der Waals surface area contributed by atoms with Gasteiger partial charge in [-0.15, -0.1) is 0 Å². The van der Waals surface area contributed by atoms with E-state index in [4.69, 9.17) is 4.74 Å². The summed E-state index contributed by atoms with van der Waals surface area (Å²) in [4.78, 5) is 11.5. The highest BCUT2D eigenvalue weighted by Gasteiger charge is 2.28. The summed E-state index contributed by atoms with van der Waals surface area (Å²) in [6.07, 6.45) is 0.322. The van der Waals surface area contributed by atoms with Crippen LogP contribution in [0.25, 0.3) is 0 Å². The predicted molar refractivity (Wildman–Crippen MR) is 55.7 cm³/mol. The first-order valence-corrected chi connectivity index (χ1v) is 6.79. The summed E-state index contributed by atoms with van der Waals surface area (Å²) < 4.78 is 27.5. The number of hydrogen-bond donors (Lipinski definition) is 1. The Bertz CT molecular complexity index is 518. The number of sulfone groups is 1. The number of H-pyrrole nitrogens is 1. The lowest BCUT2D eigenvalue weighted by atomic mass is 10.1. The molecule has 16 heavy (non-hydrogen) atoms. The molecule has 1 aliphatic rings. The van der Waals surface area contributed by atoms with Gasteiger partial charge in [-0.1, -0.05) is 0 Å². The lowest BCUT2D eigenvalue weighted by molar-refractivity contribution is 0.0518. The molecule has 0 unspecified atom stereocenters. The van der Waals surface area contributed by atoms with E-state index >= 15 is 0 Å². The third kappa shape index (κ3) is 1.95. The molecule has 0 spiro atoms. The van der Waals surface area contributed by atoms with Crippen molar-refractivity contribution in [3.05, 3.63) is 17.0 Å². The van der Waals surface area contributed by atoms with Gasteiger partial charge in [-0.05, 0) is 13.3 Å². The highest BCUT2D eigenvalue weighted by Crippen LogP contribution is 2.22. The first-order valence-electron chi connectivity index (χ1n) is 4.97. The molecule has 0 atom stereocenters. The van der Waals surface area contributed by atoms with Gasteiger partial charge in [0, 0.05) is 5.56 Å². The molecule has 0 aliphatic carbocycles. The van der Waals surface area contributed by atoms with Gasteiger partial charge in [0.15, 0.2) is 15.5 Å². The van der Waals surface area contributed by atoms with Crippen molar-refractivity contribution in [1.82, 2.24) is 10.2 Å². The molecule has 0 fully saturated rings. The Morgan fingerprint density at radius 2 is 2.31 bits per heavy atom. The number of nitrogens with one attached hydrogen (secondary N) is 1. The van der Waals surface area contributed by atoms with Crippen LogP contribution in [0.2, 0.25) is 0 Å². The molecule has 1 aliphatic heterocycles. The van der Waals surface area contributed by atoms with Gasteiger partial charge >= 0.3 is 5.97 Å². The highest BCUT2D eigenvalue weighted by molar-refractivity contribution is 7.90.